The quantitative estimate of drug-likeness (QED) is 0.749. The predicted octanol–water partition coefficient (Wildman–Crippen LogP) is 2.89. The molecule has 1 aromatic rings. The van der Waals surface area contributed by atoms with Crippen molar-refractivity contribution in [2.24, 2.45) is 0 Å². The van der Waals surface area contributed by atoms with E-state index in [-0.39, 0.29) is 9.13 Å². The van der Waals surface area contributed by atoms with Crippen molar-refractivity contribution in [2.45, 2.75) is 6.18 Å². The molecule has 0 spiro atoms. The fourth-order valence-corrected chi connectivity index (χ4v) is 1.47. The summed E-state index contributed by atoms with van der Waals surface area (Å²) in [6.45, 7) is 0. The van der Waals surface area contributed by atoms with Crippen LogP contribution in [0.3, 0.4) is 0 Å². The number of alkyl halides is 3. The lowest BCUT2D eigenvalue weighted by Crippen LogP contribution is -2.05. The van der Waals surface area contributed by atoms with Crippen LogP contribution in [-0.4, -0.2) is 5.11 Å². The Morgan fingerprint density at radius 2 is 1.93 bits per heavy atom. The van der Waals surface area contributed by atoms with Crippen molar-refractivity contribution in [1.82, 2.24) is 0 Å². The average Bonchev–Trinajstić information content (AvgIpc) is 2.07. The monoisotopic (exact) mass is 313 g/mol. The minimum Gasteiger partial charge on any atom is -0.505 e. The van der Waals surface area contributed by atoms with E-state index in [1.54, 1.807) is 0 Å². The number of aromatic hydroxyl groups is 1. The van der Waals surface area contributed by atoms with Crippen LogP contribution in [0.15, 0.2) is 12.1 Å². The first-order valence-corrected chi connectivity index (χ1v) is 4.44. The number of phenols is 1. The maximum absolute atomic E-state index is 12.2. The van der Waals surface area contributed by atoms with E-state index >= 15 is 0 Å². The van der Waals surface area contributed by atoms with Crippen LogP contribution < -0.4 is 0 Å². The highest BCUT2D eigenvalue weighted by atomic mass is 127. The zero-order valence-electron chi connectivity index (χ0n) is 6.56. The van der Waals surface area contributed by atoms with Gasteiger partial charge < -0.3 is 5.11 Å². The van der Waals surface area contributed by atoms with Crippen LogP contribution in [0.5, 0.6) is 5.75 Å². The van der Waals surface area contributed by atoms with Gasteiger partial charge in [0.2, 0.25) is 0 Å². The topological polar surface area (TPSA) is 44.0 Å². The third-order valence-corrected chi connectivity index (χ3v) is 2.33. The maximum atomic E-state index is 12.2. The van der Waals surface area contributed by atoms with Gasteiger partial charge in [-0.2, -0.15) is 18.4 Å². The summed E-state index contributed by atoms with van der Waals surface area (Å²) in [5.74, 6) is -0.416. The SMILES string of the molecule is N#Cc1cc(C(F)(F)F)cc(I)c1O. The van der Waals surface area contributed by atoms with E-state index in [9.17, 15) is 18.3 Å². The molecule has 0 aliphatic rings. The van der Waals surface area contributed by atoms with E-state index in [0.717, 1.165) is 6.07 Å². The molecule has 0 saturated heterocycles. The molecule has 1 rings (SSSR count). The summed E-state index contributed by atoms with van der Waals surface area (Å²) >= 11 is 1.54. The second-order valence-corrected chi connectivity index (χ2v) is 3.63. The number of hydrogen-bond acceptors (Lipinski definition) is 2. The molecule has 1 N–H and O–H groups in total. The molecule has 0 radical (unpaired) electrons. The third kappa shape index (κ3) is 2.09. The summed E-state index contributed by atoms with van der Waals surface area (Å²) < 4.78 is 36.7. The minimum absolute atomic E-state index is 0.00831. The molecule has 0 heterocycles. The largest absolute Gasteiger partial charge is 0.505 e. The fourth-order valence-electron chi connectivity index (χ4n) is 0.848. The van der Waals surface area contributed by atoms with Gasteiger partial charge in [0, 0.05) is 0 Å². The summed E-state index contributed by atoms with van der Waals surface area (Å²) in [5, 5.41) is 17.6. The predicted molar refractivity (Wildman–Crippen MR) is 50.5 cm³/mol. The molecule has 0 aliphatic carbocycles. The van der Waals surface area contributed by atoms with Crippen molar-refractivity contribution in [1.29, 1.82) is 5.26 Å². The molecule has 0 unspecified atom stereocenters. The van der Waals surface area contributed by atoms with Gasteiger partial charge in [0.15, 0.2) is 0 Å². The van der Waals surface area contributed by atoms with Gasteiger partial charge in [-0.3, -0.25) is 0 Å². The standard InChI is InChI=1S/C8H3F3INO/c9-8(10,11)5-1-4(3-13)7(14)6(12)2-5/h1-2,14H. The first-order valence-electron chi connectivity index (χ1n) is 3.36. The number of rotatable bonds is 0. The molecule has 0 fully saturated rings. The van der Waals surface area contributed by atoms with Crippen LogP contribution in [-0.2, 0) is 6.18 Å². The number of hydrogen-bond donors (Lipinski definition) is 1. The second kappa shape index (κ2) is 3.65. The molecule has 0 aliphatic heterocycles. The molecule has 14 heavy (non-hydrogen) atoms. The Hall–Kier alpha value is -0.970. The molecule has 0 amide bonds. The summed E-state index contributed by atoms with van der Waals surface area (Å²) in [4.78, 5) is 0. The molecule has 0 saturated carbocycles. The van der Waals surface area contributed by atoms with Crippen LogP contribution in [0.1, 0.15) is 11.1 Å². The highest BCUT2D eigenvalue weighted by Crippen LogP contribution is 2.34. The Bertz CT molecular complexity index is 408. The molecule has 0 bridgehead atoms. The van der Waals surface area contributed by atoms with Gasteiger partial charge >= 0.3 is 6.18 Å². The van der Waals surface area contributed by atoms with Crippen LogP contribution in [0.2, 0.25) is 0 Å². The van der Waals surface area contributed by atoms with Gasteiger partial charge in [0.05, 0.1) is 14.7 Å². The second-order valence-electron chi connectivity index (χ2n) is 2.46. The first-order chi connectivity index (χ1) is 6.36. The first kappa shape index (κ1) is 11.1. The zero-order chi connectivity index (χ0) is 10.9. The van der Waals surface area contributed by atoms with Gasteiger partial charge in [-0.1, -0.05) is 0 Å². The highest BCUT2D eigenvalue weighted by Gasteiger charge is 2.32. The Morgan fingerprint density at radius 3 is 2.36 bits per heavy atom. The van der Waals surface area contributed by atoms with Gasteiger partial charge in [-0.25, -0.2) is 0 Å². The Balaban J connectivity index is 3.40. The summed E-state index contributed by atoms with van der Waals surface area (Å²) in [7, 11) is 0. The van der Waals surface area contributed by atoms with Crippen LogP contribution in [0.4, 0.5) is 13.2 Å². The lowest BCUT2D eigenvalue weighted by atomic mass is 10.1. The number of benzene rings is 1. The molecule has 6 heteroatoms. The van der Waals surface area contributed by atoms with E-state index in [0.29, 0.717) is 6.07 Å². The molecule has 0 aromatic heterocycles. The van der Waals surface area contributed by atoms with Crippen molar-refractivity contribution in [3.05, 3.63) is 26.8 Å². The van der Waals surface area contributed by atoms with Crippen LogP contribution in [0.25, 0.3) is 0 Å². The molecule has 2 nitrogen and oxygen atoms in total. The van der Waals surface area contributed by atoms with Crippen molar-refractivity contribution < 1.29 is 18.3 Å². The molecular formula is C8H3F3INO. The van der Waals surface area contributed by atoms with E-state index < -0.39 is 17.5 Å². The summed E-state index contributed by atoms with van der Waals surface area (Å²) in [5.41, 5.74) is -1.31. The van der Waals surface area contributed by atoms with E-state index in [1.165, 1.54) is 28.7 Å². The summed E-state index contributed by atoms with van der Waals surface area (Å²) in [6, 6.07) is 2.90. The number of nitrogens with zero attached hydrogens (tertiary/aromatic N) is 1. The number of phenolic OH excluding ortho intramolecular Hbond substituents is 1. The number of nitriles is 1. The van der Waals surface area contributed by atoms with Gasteiger partial charge in [-0.15, -0.1) is 0 Å². The van der Waals surface area contributed by atoms with Crippen molar-refractivity contribution in [2.75, 3.05) is 0 Å². The van der Waals surface area contributed by atoms with Gasteiger partial charge in [0.25, 0.3) is 0 Å². The Morgan fingerprint density at radius 1 is 1.36 bits per heavy atom. The van der Waals surface area contributed by atoms with E-state index in [2.05, 4.69) is 0 Å². The average molecular weight is 313 g/mol. The van der Waals surface area contributed by atoms with E-state index in [4.69, 9.17) is 5.26 Å². The van der Waals surface area contributed by atoms with Crippen molar-refractivity contribution in [3.63, 3.8) is 0 Å². The Labute approximate surface area is 91.1 Å². The molecule has 0 atom stereocenters. The smallest absolute Gasteiger partial charge is 0.416 e. The van der Waals surface area contributed by atoms with Crippen molar-refractivity contribution in [3.8, 4) is 11.8 Å². The maximum Gasteiger partial charge on any atom is 0.416 e. The minimum atomic E-state index is -4.50. The molecule has 74 valence electrons. The third-order valence-electron chi connectivity index (χ3n) is 1.51. The van der Waals surface area contributed by atoms with Crippen molar-refractivity contribution >= 4 is 22.6 Å². The van der Waals surface area contributed by atoms with Gasteiger partial charge in [-0.05, 0) is 34.7 Å². The molecule has 1 aromatic carbocycles. The lowest BCUT2D eigenvalue weighted by Gasteiger charge is -2.08. The zero-order valence-corrected chi connectivity index (χ0v) is 8.72. The molecular weight excluding hydrogens is 310 g/mol. The lowest BCUT2D eigenvalue weighted by molar-refractivity contribution is -0.137. The highest BCUT2D eigenvalue weighted by molar-refractivity contribution is 14.1. The van der Waals surface area contributed by atoms with Crippen LogP contribution >= 0.6 is 22.6 Å². The normalized spacial score (nSPS) is 11.1. The fraction of sp³-hybridized carbons (Fsp3) is 0.125. The Kier molecular flexibility index (Phi) is 2.89. The summed E-state index contributed by atoms with van der Waals surface area (Å²) in [6.07, 6.45) is -4.50. The van der Waals surface area contributed by atoms with Gasteiger partial charge in [0.1, 0.15) is 11.8 Å². The van der Waals surface area contributed by atoms with E-state index in [1.807, 2.05) is 0 Å². The number of halogens is 4. The van der Waals surface area contributed by atoms with Crippen LogP contribution in [0, 0.1) is 14.9 Å².